The molecule has 0 aromatic carbocycles. The number of rotatable bonds is 6. The summed E-state index contributed by atoms with van der Waals surface area (Å²) in [7, 11) is 0. The second-order valence-electron chi connectivity index (χ2n) is 4.83. The summed E-state index contributed by atoms with van der Waals surface area (Å²) in [4.78, 5) is 18.4. The highest BCUT2D eigenvalue weighted by Gasteiger charge is 2.16. The summed E-state index contributed by atoms with van der Waals surface area (Å²) in [6.07, 6.45) is 0. The minimum Gasteiger partial charge on any atom is -0.370 e. The molecule has 1 N–H and O–H groups in total. The molecule has 1 aromatic rings. The van der Waals surface area contributed by atoms with Gasteiger partial charge in [0.15, 0.2) is 0 Å². The fourth-order valence-electron chi connectivity index (χ4n) is 1.87. The molecule has 0 aliphatic carbocycles. The molecular formula is C14H22ClN3O. The number of nitrogens with zero attached hydrogens (tertiary/aromatic N) is 2. The van der Waals surface area contributed by atoms with Gasteiger partial charge in [-0.05, 0) is 31.9 Å². The minimum absolute atomic E-state index is 0.000321. The number of aromatic nitrogens is 1. The van der Waals surface area contributed by atoms with Crippen molar-refractivity contribution >= 4 is 23.3 Å². The molecular weight excluding hydrogens is 262 g/mol. The second-order valence-corrected chi connectivity index (χ2v) is 5.22. The zero-order chi connectivity index (χ0) is 14.4. The zero-order valence-electron chi connectivity index (χ0n) is 12.0. The number of nitrogens with one attached hydrogen (secondary N) is 1. The van der Waals surface area contributed by atoms with Crippen LogP contribution in [0.25, 0.3) is 0 Å². The molecule has 106 valence electrons. The average molecular weight is 284 g/mol. The molecule has 0 unspecified atom stereocenters. The number of halogens is 1. The van der Waals surface area contributed by atoms with Crippen LogP contribution >= 0.6 is 11.6 Å². The summed E-state index contributed by atoms with van der Waals surface area (Å²) in [6, 6.07) is 3.37. The summed E-state index contributed by atoms with van der Waals surface area (Å²) in [5.74, 6) is 1.08. The Morgan fingerprint density at radius 3 is 2.63 bits per heavy atom. The van der Waals surface area contributed by atoms with Crippen molar-refractivity contribution in [2.45, 2.75) is 27.7 Å². The van der Waals surface area contributed by atoms with E-state index in [1.807, 2.05) is 18.7 Å². The van der Waals surface area contributed by atoms with E-state index in [1.165, 1.54) is 0 Å². The van der Waals surface area contributed by atoms with Crippen molar-refractivity contribution in [1.29, 1.82) is 0 Å². The van der Waals surface area contributed by atoms with Crippen LogP contribution in [0.15, 0.2) is 12.1 Å². The summed E-state index contributed by atoms with van der Waals surface area (Å²) >= 11 is 5.96. The first-order valence-corrected chi connectivity index (χ1v) is 7.06. The van der Waals surface area contributed by atoms with Crippen molar-refractivity contribution in [2.75, 3.05) is 25.0 Å². The molecule has 0 saturated heterocycles. The van der Waals surface area contributed by atoms with E-state index in [0.717, 1.165) is 13.1 Å². The van der Waals surface area contributed by atoms with E-state index in [0.29, 0.717) is 29.0 Å². The van der Waals surface area contributed by atoms with Gasteiger partial charge in [0.25, 0.3) is 5.91 Å². The summed E-state index contributed by atoms with van der Waals surface area (Å²) in [5.41, 5.74) is 0.582. The third-order valence-electron chi connectivity index (χ3n) is 2.65. The van der Waals surface area contributed by atoms with Gasteiger partial charge in [-0.15, -0.1) is 0 Å². The van der Waals surface area contributed by atoms with Gasteiger partial charge < -0.3 is 10.2 Å². The Kier molecular flexibility index (Phi) is 6.09. The lowest BCUT2D eigenvalue weighted by Crippen LogP contribution is -2.34. The van der Waals surface area contributed by atoms with Crippen LogP contribution in [0.5, 0.6) is 0 Å². The average Bonchev–Trinajstić information content (AvgIpc) is 2.34. The number of pyridine rings is 1. The number of anilines is 1. The Morgan fingerprint density at radius 1 is 1.42 bits per heavy atom. The van der Waals surface area contributed by atoms with Crippen LogP contribution in [0.4, 0.5) is 5.82 Å². The van der Waals surface area contributed by atoms with Gasteiger partial charge in [-0.3, -0.25) is 4.79 Å². The van der Waals surface area contributed by atoms with E-state index in [4.69, 9.17) is 11.6 Å². The molecule has 0 fully saturated rings. The lowest BCUT2D eigenvalue weighted by atomic mass is 10.1. The SMILES string of the molecule is CCNc1cc(C(=O)N(CC)CC(C)C)cc(Cl)n1. The lowest BCUT2D eigenvalue weighted by Gasteiger charge is -2.23. The Labute approximate surface area is 120 Å². The molecule has 1 heterocycles. The normalized spacial score (nSPS) is 10.6. The molecule has 0 spiro atoms. The standard InChI is InChI=1S/C14H22ClN3O/c1-5-16-13-8-11(7-12(15)17-13)14(19)18(6-2)9-10(3)4/h7-8,10H,5-6,9H2,1-4H3,(H,16,17). The molecule has 0 atom stereocenters. The van der Waals surface area contributed by atoms with E-state index >= 15 is 0 Å². The van der Waals surface area contributed by atoms with Crippen molar-refractivity contribution in [3.05, 3.63) is 22.8 Å². The molecule has 1 rings (SSSR count). The quantitative estimate of drug-likeness (QED) is 0.815. The molecule has 4 nitrogen and oxygen atoms in total. The summed E-state index contributed by atoms with van der Waals surface area (Å²) in [6.45, 7) is 10.3. The highest BCUT2D eigenvalue weighted by atomic mass is 35.5. The Balaban J connectivity index is 2.96. The van der Waals surface area contributed by atoms with Crippen LogP contribution in [0.1, 0.15) is 38.1 Å². The molecule has 5 heteroatoms. The van der Waals surface area contributed by atoms with Crippen LogP contribution in [0.2, 0.25) is 5.15 Å². The lowest BCUT2D eigenvalue weighted by molar-refractivity contribution is 0.0745. The first-order chi connectivity index (χ1) is 8.97. The predicted molar refractivity (Wildman–Crippen MR) is 79.8 cm³/mol. The maximum Gasteiger partial charge on any atom is 0.254 e. The maximum absolute atomic E-state index is 12.4. The van der Waals surface area contributed by atoms with Crippen LogP contribution in [-0.2, 0) is 0 Å². The largest absolute Gasteiger partial charge is 0.370 e. The van der Waals surface area contributed by atoms with Gasteiger partial charge in [0.2, 0.25) is 0 Å². The molecule has 0 aliphatic rings. The van der Waals surface area contributed by atoms with Gasteiger partial charge in [-0.1, -0.05) is 25.4 Å². The maximum atomic E-state index is 12.4. The van der Waals surface area contributed by atoms with Gasteiger partial charge >= 0.3 is 0 Å². The molecule has 0 aliphatic heterocycles. The Hall–Kier alpha value is -1.29. The van der Waals surface area contributed by atoms with E-state index in [-0.39, 0.29) is 5.91 Å². The zero-order valence-corrected chi connectivity index (χ0v) is 12.8. The van der Waals surface area contributed by atoms with Crippen molar-refractivity contribution in [3.63, 3.8) is 0 Å². The van der Waals surface area contributed by atoms with Gasteiger partial charge in [-0.2, -0.15) is 0 Å². The van der Waals surface area contributed by atoms with Gasteiger partial charge in [-0.25, -0.2) is 4.98 Å². The molecule has 1 amide bonds. The number of hydrogen-bond acceptors (Lipinski definition) is 3. The minimum atomic E-state index is -0.000321. The predicted octanol–water partition coefficient (Wildman–Crippen LogP) is 3.28. The third kappa shape index (κ3) is 4.71. The topological polar surface area (TPSA) is 45.2 Å². The number of hydrogen-bond donors (Lipinski definition) is 1. The van der Waals surface area contributed by atoms with E-state index in [9.17, 15) is 4.79 Å². The Morgan fingerprint density at radius 2 is 2.11 bits per heavy atom. The van der Waals surface area contributed by atoms with Crippen LogP contribution in [0.3, 0.4) is 0 Å². The van der Waals surface area contributed by atoms with Crippen molar-refractivity contribution in [3.8, 4) is 0 Å². The number of carbonyl (C=O) groups is 1. The van der Waals surface area contributed by atoms with Gasteiger partial charge in [0.1, 0.15) is 11.0 Å². The third-order valence-corrected chi connectivity index (χ3v) is 2.85. The Bertz CT molecular complexity index is 435. The number of carbonyl (C=O) groups excluding carboxylic acids is 1. The molecule has 1 aromatic heterocycles. The van der Waals surface area contributed by atoms with Crippen molar-refractivity contribution in [1.82, 2.24) is 9.88 Å². The fourth-order valence-corrected chi connectivity index (χ4v) is 2.08. The summed E-state index contributed by atoms with van der Waals surface area (Å²) < 4.78 is 0. The van der Waals surface area contributed by atoms with Crippen LogP contribution < -0.4 is 5.32 Å². The van der Waals surface area contributed by atoms with E-state index in [1.54, 1.807) is 12.1 Å². The fraction of sp³-hybridized carbons (Fsp3) is 0.571. The molecule has 19 heavy (non-hydrogen) atoms. The first kappa shape index (κ1) is 15.8. The highest BCUT2D eigenvalue weighted by molar-refractivity contribution is 6.29. The van der Waals surface area contributed by atoms with E-state index in [2.05, 4.69) is 24.1 Å². The molecule has 0 radical (unpaired) electrons. The van der Waals surface area contributed by atoms with Crippen LogP contribution in [-0.4, -0.2) is 35.4 Å². The second kappa shape index (κ2) is 7.34. The van der Waals surface area contributed by atoms with Crippen molar-refractivity contribution in [2.24, 2.45) is 5.92 Å². The molecule has 0 saturated carbocycles. The van der Waals surface area contributed by atoms with Crippen molar-refractivity contribution < 1.29 is 4.79 Å². The summed E-state index contributed by atoms with van der Waals surface area (Å²) in [5, 5.41) is 3.41. The monoisotopic (exact) mass is 283 g/mol. The number of amides is 1. The smallest absolute Gasteiger partial charge is 0.254 e. The van der Waals surface area contributed by atoms with Gasteiger partial charge in [0.05, 0.1) is 0 Å². The molecule has 0 bridgehead atoms. The highest BCUT2D eigenvalue weighted by Crippen LogP contribution is 2.16. The van der Waals surface area contributed by atoms with E-state index < -0.39 is 0 Å². The van der Waals surface area contributed by atoms with Crippen LogP contribution in [0, 0.1) is 5.92 Å². The first-order valence-electron chi connectivity index (χ1n) is 6.68. The van der Waals surface area contributed by atoms with Gasteiger partial charge in [0, 0.05) is 25.2 Å².